The van der Waals surface area contributed by atoms with Crippen molar-refractivity contribution in [1.29, 1.82) is 0 Å². The summed E-state index contributed by atoms with van der Waals surface area (Å²) < 4.78 is 5.54. The van der Waals surface area contributed by atoms with Gasteiger partial charge < -0.3 is 15.2 Å². The largest absolute Gasteiger partial charge is 0.481 e. The van der Waals surface area contributed by atoms with E-state index in [0.717, 1.165) is 33.6 Å². The van der Waals surface area contributed by atoms with Crippen LogP contribution in [0.5, 0.6) is 0 Å². The Morgan fingerprint density at radius 2 is 1.69 bits per heavy atom. The maximum Gasteiger partial charge on any atom is 0.413 e. The number of ether oxygens (including phenoxy) is 1. The van der Waals surface area contributed by atoms with Gasteiger partial charge in [0.2, 0.25) is 0 Å². The number of nitrogens with zero attached hydrogens (tertiary/aromatic N) is 1. The predicted octanol–water partition coefficient (Wildman–Crippen LogP) is 5.04. The maximum atomic E-state index is 12.6. The number of carboxylic acid groups (broad SMARTS) is 1. The molecule has 1 atom stereocenters. The molecule has 0 saturated carbocycles. The number of carbonyl (C=O) groups is 3. The number of rotatable bonds is 8. The van der Waals surface area contributed by atoms with E-state index in [4.69, 9.17) is 4.74 Å². The van der Waals surface area contributed by atoms with Gasteiger partial charge in [0, 0.05) is 12.5 Å². The Balaban J connectivity index is 1.38. The third-order valence-corrected chi connectivity index (χ3v) is 7.56. The fraction of sp³-hybridized carbons (Fsp3) is 0.308. The molecule has 3 aromatic rings. The number of carbonyl (C=O) groups excluding carboxylic acids is 2. The molecular weight excluding hydrogens is 466 g/mol. The van der Waals surface area contributed by atoms with E-state index in [1.807, 2.05) is 36.4 Å². The van der Waals surface area contributed by atoms with Crippen LogP contribution in [0.2, 0.25) is 0 Å². The zero-order valence-corrected chi connectivity index (χ0v) is 20.6. The zero-order chi connectivity index (χ0) is 25.2. The second-order valence-electron chi connectivity index (χ2n) is 8.79. The van der Waals surface area contributed by atoms with Gasteiger partial charge in [-0.2, -0.15) is 0 Å². The summed E-state index contributed by atoms with van der Waals surface area (Å²) in [5.74, 6) is -1.46. The first-order valence-corrected chi connectivity index (χ1v) is 12.2. The number of aryl methyl sites for hydroxylation is 1. The van der Waals surface area contributed by atoms with Crippen LogP contribution in [0.25, 0.3) is 11.1 Å². The van der Waals surface area contributed by atoms with Crippen LogP contribution in [0.1, 0.15) is 52.7 Å². The summed E-state index contributed by atoms with van der Waals surface area (Å²) in [4.78, 5) is 41.2. The van der Waals surface area contributed by atoms with Crippen molar-refractivity contribution in [2.45, 2.75) is 33.1 Å². The predicted molar refractivity (Wildman–Crippen MR) is 134 cm³/mol. The van der Waals surface area contributed by atoms with Crippen molar-refractivity contribution in [3.05, 3.63) is 70.2 Å². The standard InChI is InChI=1S/C26H27N3O5S/c1-4-26(3,23(31)32)14-27-22(30)21-15(2)28-24(35-21)29-25(33)34-13-20-18-11-7-5-9-16(18)17-10-6-8-12-19(17)20/h5-12,20H,4,13-14H2,1-3H3,(H,27,30)(H,31,32)(H,28,29,33). The van der Waals surface area contributed by atoms with E-state index < -0.39 is 23.4 Å². The highest BCUT2D eigenvalue weighted by atomic mass is 32.1. The number of aromatic nitrogens is 1. The molecule has 0 spiro atoms. The summed E-state index contributed by atoms with van der Waals surface area (Å²) in [5, 5.41) is 14.9. The fourth-order valence-corrected chi connectivity index (χ4v) is 4.96. The Bertz CT molecular complexity index is 1240. The Morgan fingerprint density at radius 3 is 2.26 bits per heavy atom. The van der Waals surface area contributed by atoms with E-state index in [9.17, 15) is 19.5 Å². The number of nitrogens with one attached hydrogen (secondary N) is 2. The molecular formula is C26H27N3O5S. The molecule has 1 unspecified atom stereocenters. The van der Waals surface area contributed by atoms with Gasteiger partial charge in [-0.25, -0.2) is 9.78 Å². The monoisotopic (exact) mass is 493 g/mol. The molecule has 0 radical (unpaired) electrons. The number of fused-ring (bicyclic) bond motifs is 3. The zero-order valence-electron chi connectivity index (χ0n) is 19.8. The second kappa shape index (κ2) is 9.87. The average molecular weight is 494 g/mol. The molecule has 8 nitrogen and oxygen atoms in total. The molecule has 0 aliphatic heterocycles. The number of carboxylic acids is 1. The molecule has 3 N–H and O–H groups in total. The molecule has 2 amide bonds. The van der Waals surface area contributed by atoms with Gasteiger partial charge in [0.1, 0.15) is 11.5 Å². The summed E-state index contributed by atoms with van der Waals surface area (Å²) >= 11 is 1.02. The van der Waals surface area contributed by atoms with E-state index in [-0.39, 0.29) is 24.2 Å². The number of aliphatic carboxylic acids is 1. The molecule has 9 heteroatoms. The lowest BCUT2D eigenvalue weighted by molar-refractivity contribution is -0.147. The van der Waals surface area contributed by atoms with Gasteiger partial charge >= 0.3 is 12.1 Å². The molecule has 2 aromatic carbocycles. The third kappa shape index (κ3) is 4.90. The first-order chi connectivity index (χ1) is 16.7. The molecule has 1 aromatic heterocycles. The number of anilines is 1. The van der Waals surface area contributed by atoms with Crippen LogP contribution in [-0.4, -0.2) is 41.2 Å². The van der Waals surface area contributed by atoms with Crippen molar-refractivity contribution in [1.82, 2.24) is 10.3 Å². The van der Waals surface area contributed by atoms with Gasteiger partial charge in [-0.3, -0.25) is 14.9 Å². The summed E-state index contributed by atoms with van der Waals surface area (Å²) in [6.07, 6.45) is -0.282. The van der Waals surface area contributed by atoms with E-state index in [1.165, 1.54) is 0 Å². The number of hydrogen-bond donors (Lipinski definition) is 3. The number of amides is 2. The van der Waals surface area contributed by atoms with Crippen LogP contribution in [0.4, 0.5) is 9.93 Å². The van der Waals surface area contributed by atoms with Gasteiger partial charge in [-0.05, 0) is 42.5 Å². The van der Waals surface area contributed by atoms with Gasteiger partial charge in [-0.15, -0.1) is 0 Å². The molecule has 0 saturated heterocycles. The molecule has 0 fully saturated rings. The summed E-state index contributed by atoms with van der Waals surface area (Å²) in [6.45, 7) is 5.16. The Kier molecular flexibility index (Phi) is 6.88. The van der Waals surface area contributed by atoms with Crippen LogP contribution in [0, 0.1) is 12.3 Å². The van der Waals surface area contributed by atoms with E-state index >= 15 is 0 Å². The smallest absolute Gasteiger partial charge is 0.413 e. The van der Waals surface area contributed by atoms with E-state index in [0.29, 0.717) is 17.0 Å². The highest BCUT2D eigenvalue weighted by Crippen LogP contribution is 2.44. The van der Waals surface area contributed by atoms with Crippen molar-refractivity contribution < 1.29 is 24.2 Å². The number of benzene rings is 2. The lowest BCUT2D eigenvalue weighted by atomic mass is 9.88. The molecule has 1 heterocycles. The van der Waals surface area contributed by atoms with Crippen molar-refractivity contribution in [3.63, 3.8) is 0 Å². The molecule has 4 rings (SSSR count). The molecule has 35 heavy (non-hydrogen) atoms. The minimum absolute atomic E-state index is 0.00977. The van der Waals surface area contributed by atoms with Crippen LogP contribution in [-0.2, 0) is 9.53 Å². The topological polar surface area (TPSA) is 118 Å². The highest BCUT2D eigenvalue weighted by molar-refractivity contribution is 7.17. The van der Waals surface area contributed by atoms with Crippen LogP contribution in [0.15, 0.2) is 48.5 Å². The van der Waals surface area contributed by atoms with Gasteiger partial charge in [0.15, 0.2) is 5.13 Å². The third-order valence-electron chi connectivity index (χ3n) is 6.49. The van der Waals surface area contributed by atoms with Gasteiger partial charge in [0.05, 0.1) is 11.1 Å². The number of thiazole rings is 1. The average Bonchev–Trinajstić information content (AvgIpc) is 3.38. The second-order valence-corrected chi connectivity index (χ2v) is 9.79. The minimum atomic E-state index is -1.06. The molecule has 1 aliphatic rings. The van der Waals surface area contributed by atoms with Crippen LogP contribution in [0.3, 0.4) is 0 Å². The Hall–Kier alpha value is -3.72. The van der Waals surface area contributed by atoms with E-state index in [1.54, 1.807) is 20.8 Å². The fourth-order valence-electron chi connectivity index (χ4n) is 4.09. The van der Waals surface area contributed by atoms with E-state index in [2.05, 4.69) is 27.8 Å². The minimum Gasteiger partial charge on any atom is -0.481 e. The van der Waals surface area contributed by atoms with Crippen LogP contribution >= 0.6 is 11.3 Å². The first kappa shape index (κ1) is 24.4. The summed E-state index contributed by atoms with van der Waals surface area (Å²) in [6, 6.07) is 16.2. The van der Waals surface area contributed by atoms with Crippen LogP contribution < -0.4 is 10.6 Å². The maximum absolute atomic E-state index is 12.6. The van der Waals surface area contributed by atoms with Crippen molar-refractivity contribution in [2.24, 2.45) is 5.41 Å². The Morgan fingerprint density at radius 1 is 1.09 bits per heavy atom. The SMILES string of the molecule is CCC(C)(CNC(=O)c1sc(NC(=O)OCC2c3ccccc3-c3ccccc32)nc1C)C(=O)O. The Labute approximate surface area is 207 Å². The first-order valence-electron chi connectivity index (χ1n) is 11.3. The summed E-state index contributed by atoms with van der Waals surface area (Å²) in [7, 11) is 0. The van der Waals surface area contributed by atoms with Crippen molar-refractivity contribution in [3.8, 4) is 11.1 Å². The van der Waals surface area contributed by atoms with Crippen molar-refractivity contribution >= 4 is 34.4 Å². The van der Waals surface area contributed by atoms with Gasteiger partial charge in [-0.1, -0.05) is 66.8 Å². The lowest BCUT2D eigenvalue weighted by Gasteiger charge is -2.22. The summed E-state index contributed by atoms with van der Waals surface area (Å²) in [5.41, 5.74) is 3.90. The number of hydrogen-bond acceptors (Lipinski definition) is 6. The molecule has 1 aliphatic carbocycles. The van der Waals surface area contributed by atoms with Crippen molar-refractivity contribution in [2.75, 3.05) is 18.5 Å². The quantitative estimate of drug-likeness (QED) is 0.405. The lowest BCUT2D eigenvalue weighted by Crippen LogP contribution is -2.40. The normalized spacial score (nSPS) is 13.9. The molecule has 182 valence electrons. The van der Waals surface area contributed by atoms with Gasteiger partial charge in [0.25, 0.3) is 5.91 Å². The highest BCUT2D eigenvalue weighted by Gasteiger charge is 2.32. The molecule has 0 bridgehead atoms.